The zero-order valence-corrected chi connectivity index (χ0v) is 21.4. The molecule has 0 bridgehead atoms. The van der Waals surface area contributed by atoms with Crippen LogP contribution in [0.2, 0.25) is 0 Å². The van der Waals surface area contributed by atoms with Gasteiger partial charge in [0.1, 0.15) is 30.7 Å². The summed E-state index contributed by atoms with van der Waals surface area (Å²) in [5.41, 5.74) is 0.537. The molecule has 0 aromatic heterocycles. The van der Waals surface area contributed by atoms with Gasteiger partial charge in [0.25, 0.3) is 5.91 Å². The van der Waals surface area contributed by atoms with Crippen LogP contribution in [0.3, 0.4) is 0 Å². The van der Waals surface area contributed by atoms with E-state index in [1.807, 2.05) is 6.92 Å². The lowest BCUT2D eigenvalue weighted by Crippen LogP contribution is -2.61. The van der Waals surface area contributed by atoms with Crippen LogP contribution >= 0.6 is 0 Å². The maximum atomic E-state index is 13.0. The topological polar surface area (TPSA) is 184 Å². The predicted molar refractivity (Wildman–Crippen MR) is 131 cm³/mol. The number of carbonyl (C=O) groups excluding carboxylic acids is 2. The van der Waals surface area contributed by atoms with E-state index in [2.05, 4.69) is 10.6 Å². The normalized spacial score (nSPS) is 23.5. The van der Waals surface area contributed by atoms with E-state index in [1.165, 1.54) is 18.2 Å². The number of rotatable bonds is 14. The van der Waals surface area contributed by atoms with Gasteiger partial charge in [0.2, 0.25) is 6.29 Å². The van der Waals surface area contributed by atoms with Crippen LogP contribution in [0.1, 0.15) is 56.0 Å². The van der Waals surface area contributed by atoms with Crippen LogP contribution in [0.15, 0.2) is 18.2 Å². The van der Waals surface area contributed by atoms with E-state index < -0.39 is 48.6 Å². The highest BCUT2D eigenvalue weighted by Gasteiger charge is 2.48. The minimum Gasteiger partial charge on any atom is -0.479 e. The van der Waals surface area contributed by atoms with Gasteiger partial charge < -0.3 is 45.3 Å². The zero-order chi connectivity index (χ0) is 27.5. The molecule has 0 spiro atoms. The van der Waals surface area contributed by atoms with Crippen molar-refractivity contribution in [3.8, 4) is 5.75 Å². The number of amides is 1. The van der Waals surface area contributed by atoms with Crippen LogP contribution in [-0.4, -0.2) is 88.6 Å². The Morgan fingerprint density at radius 1 is 1.03 bits per heavy atom. The van der Waals surface area contributed by atoms with Gasteiger partial charge in [0.05, 0.1) is 11.5 Å². The van der Waals surface area contributed by atoms with E-state index in [4.69, 9.17) is 14.2 Å². The number of ether oxygens (including phenoxy) is 3. The highest BCUT2D eigenvalue weighted by atomic mass is 16.7. The highest BCUT2D eigenvalue weighted by Crippen LogP contribution is 2.28. The van der Waals surface area contributed by atoms with Crippen molar-refractivity contribution in [1.29, 1.82) is 0 Å². The molecule has 12 nitrogen and oxygen atoms in total. The number of unbranched alkanes of at least 4 members (excludes halogenated alkanes) is 2. The molecule has 1 aromatic rings. The van der Waals surface area contributed by atoms with Gasteiger partial charge in [-0.15, -0.1) is 0 Å². The third-order valence-corrected chi connectivity index (χ3v) is 5.76. The number of aliphatic hydroxyl groups is 3. The Morgan fingerprint density at radius 2 is 1.73 bits per heavy atom. The molecule has 1 aliphatic rings. The van der Waals surface area contributed by atoms with Gasteiger partial charge in [-0.2, -0.15) is 0 Å². The monoisotopic (exact) mass is 526 g/mol. The van der Waals surface area contributed by atoms with Crippen molar-refractivity contribution in [3.05, 3.63) is 29.3 Å². The fraction of sp³-hybridized carbons (Fsp3) is 0.640. The summed E-state index contributed by atoms with van der Waals surface area (Å²) < 4.78 is 16.0. The summed E-state index contributed by atoms with van der Waals surface area (Å²) in [6.45, 7) is 7.51. The van der Waals surface area contributed by atoms with Crippen LogP contribution in [0.5, 0.6) is 5.75 Å². The van der Waals surface area contributed by atoms with Crippen LogP contribution in [0.25, 0.3) is 0 Å². The molecular weight excluding hydrogens is 488 g/mol. The Bertz CT molecular complexity index is 909. The first kappa shape index (κ1) is 30.5. The second-order valence-electron chi connectivity index (χ2n) is 9.12. The average molecular weight is 527 g/mol. The summed E-state index contributed by atoms with van der Waals surface area (Å²) >= 11 is 0. The fourth-order valence-electron chi connectivity index (χ4n) is 3.57. The van der Waals surface area contributed by atoms with Crippen molar-refractivity contribution >= 4 is 17.8 Å². The minimum absolute atomic E-state index is 0.0361. The van der Waals surface area contributed by atoms with Crippen molar-refractivity contribution in [1.82, 2.24) is 10.6 Å². The SMILES string of the molecule is CCNCCCCCNC(=O)c1cc(COC(=O)C(C)C)ccc1O[C@H]1O[C@H](C(=O)O)[C@@H](O)[C@H](O)[C@H]1O. The summed E-state index contributed by atoms with van der Waals surface area (Å²) in [5, 5.41) is 45.5. The van der Waals surface area contributed by atoms with Crippen LogP contribution in [0, 0.1) is 5.92 Å². The Kier molecular flexibility index (Phi) is 12.2. The van der Waals surface area contributed by atoms with Crippen molar-refractivity contribution in [2.45, 2.75) is 77.3 Å². The lowest BCUT2D eigenvalue weighted by atomic mass is 9.99. The molecule has 1 saturated heterocycles. The first-order valence-electron chi connectivity index (χ1n) is 12.4. The number of aliphatic hydroxyl groups excluding tert-OH is 3. The second kappa shape index (κ2) is 14.8. The van der Waals surface area contributed by atoms with E-state index in [-0.39, 0.29) is 23.8 Å². The summed E-state index contributed by atoms with van der Waals surface area (Å²) in [7, 11) is 0. The first-order valence-corrected chi connectivity index (χ1v) is 12.4. The van der Waals surface area contributed by atoms with Crippen molar-refractivity contribution in [2.24, 2.45) is 5.92 Å². The van der Waals surface area contributed by atoms with E-state index in [0.717, 1.165) is 32.4 Å². The van der Waals surface area contributed by atoms with Gasteiger partial charge in [-0.1, -0.05) is 33.3 Å². The van der Waals surface area contributed by atoms with Crippen molar-refractivity contribution in [3.63, 3.8) is 0 Å². The minimum atomic E-state index is -1.87. The molecule has 12 heteroatoms. The molecular formula is C25H38N2O10. The smallest absolute Gasteiger partial charge is 0.335 e. The number of hydrogen-bond acceptors (Lipinski definition) is 10. The predicted octanol–water partition coefficient (Wildman–Crippen LogP) is 0.166. The molecule has 2 rings (SSSR count). The summed E-state index contributed by atoms with van der Waals surface area (Å²) in [6, 6.07) is 4.39. The van der Waals surface area contributed by atoms with Gasteiger partial charge in [-0.05, 0) is 43.6 Å². The zero-order valence-electron chi connectivity index (χ0n) is 21.4. The molecule has 0 aliphatic carbocycles. The van der Waals surface area contributed by atoms with Gasteiger partial charge in [-0.25, -0.2) is 4.79 Å². The number of carbonyl (C=O) groups is 3. The number of nitrogens with one attached hydrogen (secondary N) is 2. The summed E-state index contributed by atoms with van der Waals surface area (Å²) in [5.74, 6) is -2.84. The molecule has 6 N–H and O–H groups in total. The number of aliphatic carboxylic acids is 1. The molecule has 5 atom stereocenters. The maximum absolute atomic E-state index is 13.0. The molecule has 1 aromatic carbocycles. The van der Waals surface area contributed by atoms with Crippen LogP contribution in [-0.2, 0) is 25.7 Å². The summed E-state index contributed by atoms with van der Waals surface area (Å²) in [6.07, 6.45) is -6.43. The van der Waals surface area contributed by atoms with E-state index in [9.17, 15) is 34.8 Å². The van der Waals surface area contributed by atoms with Gasteiger partial charge in [0, 0.05) is 6.54 Å². The standard InChI is InChI=1S/C25H38N2O10/c1-4-26-10-6-5-7-11-27-22(31)16-12-15(13-35-24(34)14(2)3)8-9-17(16)36-25-20(30)18(28)19(29)21(37-25)23(32)33/h8-9,12,14,18-21,25-26,28-30H,4-7,10-11,13H2,1-3H3,(H,27,31)(H,32,33)/t18-,19-,20+,21-,25-/m0/s1. The molecule has 1 heterocycles. The Balaban J connectivity index is 2.18. The molecule has 208 valence electrons. The quantitative estimate of drug-likeness (QED) is 0.143. The Morgan fingerprint density at radius 3 is 2.38 bits per heavy atom. The number of hydrogen-bond donors (Lipinski definition) is 6. The number of benzene rings is 1. The van der Waals surface area contributed by atoms with Gasteiger partial charge >= 0.3 is 11.9 Å². The molecule has 0 unspecified atom stereocenters. The van der Waals surface area contributed by atoms with Gasteiger partial charge in [0.15, 0.2) is 6.10 Å². The second-order valence-corrected chi connectivity index (χ2v) is 9.12. The molecule has 0 radical (unpaired) electrons. The summed E-state index contributed by atoms with van der Waals surface area (Å²) in [4.78, 5) is 36.3. The number of carboxylic acid groups (broad SMARTS) is 1. The maximum Gasteiger partial charge on any atom is 0.335 e. The molecule has 0 saturated carbocycles. The lowest BCUT2D eigenvalue weighted by molar-refractivity contribution is -0.271. The fourth-order valence-corrected chi connectivity index (χ4v) is 3.57. The molecule has 1 amide bonds. The van der Waals surface area contributed by atoms with E-state index in [1.54, 1.807) is 13.8 Å². The highest BCUT2D eigenvalue weighted by molar-refractivity contribution is 5.97. The van der Waals surface area contributed by atoms with Crippen LogP contribution in [0.4, 0.5) is 0 Å². The van der Waals surface area contributed by atoms with E-state index >= 15 is 0 Å². The molecule has 1 fully saturated rings. The van der Waals surface area contributed by atoms with Gasteiger partial charge in [-0.3, -0.25) is 9.59 Å². The largest absolute Gasteiger partial charge is 0.479 e. The molecule has 1 aliphatic heterocycles. The number of esters is 1. The average Bonchev–Trinajstić information content (AvgIpc) is 2.86. The third kappa shape index (κ3) is 8.93. The third-order valence-electron chi connectivity index (χ3n) is 5.76. The number of carboxylic acids is 1. The van der Waals surface area contributed by atoms with Crippen LogP contribution < -0.4 is 15.4 Å². The van der Waals surface area contributed by atoms with E-state index in [0.29, 0.717) is 12.1 Å². The van der Waals surface area contributed by atoms with Crippen molar-refractivity contribution in [2.75, 3.05) is 19.6 Å². The Labute approximate surface area is 215 Å². The lowest BCUT2D eigenvalue weighted by Gasteiger charge is -2.38. The Hall–Kier alpha value is -2.77. The first-order chi connectivity index (χ1) is 17.6. The molecule has 37 heavy (non-hydrogen) atoms. The van der Waals surface area contributed by atoms with Crippen molar-refractivity contribution < 1.29 is 49.0 Å².